The van der Waals surface area contributed by atoms with E-state index in [0.717, 1.165) is 5.56 Å². The van der Waals surface area contributed by atoms with Gasteiger partial charge in [-0.2, -0.15) is 0 Å². The van der Waals surface area contributed by atoms with E-state index in [0.29, 0.717) is 13.2 Å². The minimum absolute atomic E-state index is 0.0858. The van der Waals surface area contributed by atoms with Gasteiger partial charge in [0.1, 0.15) is 6.61 Å². The molecule has 0 aliphatic heterocycles. The second kappa shape index (κ2) is 6.71. The van der Waals surface area contributed by atoms with Crippen LogP contribution in [-0.2, 0) is 9.78 Å². The van der Waals surface area contributed by atoms with Gasteiger partial charge in [0.25, 0.3) is 5.69 Å². The Morgan fingerprint density at radius 2 is 2.00 bits per heavy atom. The van der Waals surface area contributed by atoms with Gasteiger partial charge in [0, 0.05) is 12.1 Å². The number of non-ortho nitro benzene ring substituents is 1. The van der Waals surface area contributed by atoms with E-state index < -0.39 is 4.92 Å². The SMILES string of the molecule is CCOOC/C=C\c1ccc([N+](=O)[O-])cc1. The van der Waals surface area contributed by atoms with Gasteiger partial charge in [0.2, 0.25) is 0 Å². The normalized spacial score (nSPS) is 10.8. The Kier molecular flexibility index (Phi) is 5.18. The fourth-order valence-corrected chi connectivity index (χ4v) is 1.06. The van der Waals surface area contributed by atoms with E-state index in [1.54, 1.807) is 18.2 Å². The monoisotopic (exact) mass is 223 g/mol. The maximum Gasteiger partial charge on any atom is 0.269 e. The van der Waals surface area contributed by atoms with Crippen LogP contribution in [0.3, 0.4) is 0 Å². The predicted molar refractivity (Wildman–Crippen MR) is 59.7 cm³/mol. The number of hydrogen-bond donors (Lipinski definition) is 0. The fourth-order valence-electron chi connectivity index (χ4n) is 1.06. The molecule has 0 atom stereocenters. The smallest absolute Gasteiger partial charge is 0.258 e. The van der Waals surface area contributed by atoms with Crippen molar-refractivity contribution in [3.63, 3.8) is 0 Å². The summed E-state index contributed by atoms with van der Waals surface area (Å²) in [6, 6.07) is 6.27. The molecule has 0 aliphatic rings. The summed E-state index contributed by atoms with van der Waals surface area (Å²) in [6.07, 6.45) is 3.58. The first-order valence-electron chi connectivity index (χ1n) is 4.89. The summed E-state index contributed by atoms with van der Waals surface area (Å²) in [5.41, 5.74) is 0.966. The molecule has 86 valence electrons. The van der Waals surface area contributed by atoms with Crippen LogP contribution in [0.4, 0.5) is 5.69 Å². The average molecular weight is 223 g/mol. The van der Waals surface area contributed by atoms with E-state index in [2.05, 4.69) is 4.89 Å². The first kappa shape index (κ1) is 12.4. The highest BCUT2D eigenvalue weighted by molar-refractivity contribution is 5.51. The molecule has 0 spiro atoms. The summed E-state index contributed by atoms with van der Waals surface area (Å²) < 4.78 is 0. The summed E-state index contributed by atoms with van der Waals surface area (Å²) in [5, 5.41) is 10.4. The van der Waals surface area contributed by atoms with Gasteiger partial charge in [-0.1, -0.05) is 12.2 Å². The number of benzene rings is 1. The fraction of sp³-hybridized carbons (Fsp3) is 0.273. The summed E-state index contributed by atoms with van der Waals surface area (Å²) in [7, 11) is 0. The lowest BCUT2D eigenvalue weighted by molar-refractivity contribution is -0.384. The molecule has 0 saturated carbocycles. The van der Waals surface area contributed by atoms with Crippen molar-refractivity contribution in [2.45, 2.75) is 6.92 Å². The molecule has 0 N–H and O–H groups in total. The van der Waals surface area contributed by atoms with Crippen LogP contribution in [0.25, 0.3) is 6.08 Å². The third-order valence-corrected chi connectivity index (χ3v) is 1.78. The second-order valence-electron chi connectivity index (χ2n) is 2.94. The lowest BCUT2D eigenvalue weighted by Crippen LogP contribution is -1.92. The zero-order chi connectivity index (χ0) is 11.8. The van der Waals surface area contributed by atoms with Crippen LogP contribution in [-0.4, -0.2) is 18.1 Å². The third kappa shape index (κ3) is 4.20. The van der Waals surface area contributed by atoms with Crippen molar-refractivity contribution in [3.05, 3.63) is 46.0 Å². The average Bonchev–Trinajstić information content (AvgIpc) is 2.29. The van der Waals surface area contributed by atoms with Gasteiger partial charge in [0.15, 0.2) is 0 Å². The van der Waals surface area contributed by atoms with Crippen LogP contribution >= 0.6 is 0 Å². The first-order valence-corrected chi connectivity index (χ1v) is 4.89. The predicted octanol–water partition coefficient (Wildman–Crippen LogP) is 2.58. The highest BCUT2D eigenvalue weighted by Crippen LogP contribution is 2.12. The maximum absolute atomic E-state index is 10.4. The Bertz CT molecular complexity index is 359. The molecule has 0 fully saturated rings. The Labute approximate surface area is 93.4 Å². The molecule has 0 heterocycles. The third-order valence-electron chi connectivity index (χ3n) is 1.78. The number of hydrogen-bond acceptors (Lipinski definition) is 4. The van der Waals surface area contributed by atoms with Crippen LogP contribution in [0, 0.1) is 10.1 Å². The van der Waals surface area contributed by atoms with E-state index in [9.17, 15) is 10.1 Å². The quantitative estimate of drug-likeness (QED) is 0.322. The van der Waals surface area contributed by atoms with Gasteiger partial charge in [-0.3, -0.25) is 10.1 Å². The van der Waals surface area contributed by atoms with E-state index in [1.165, 1.54) is 12.1 Å². The number of nitrogens with zero attached hydrogens (tertiary/aromatic N) is 1. The maximum atomic E-state index is 10.4. The van der Waals surface area contributed by atoms with Crippen molar-refractivity contribution >= 4 is 11.8 Å². The largest absolute Gasteiger partial charge is 0.269 e. The first-order chi connectivity index (χ1) is 7.74. The van der Waals surface area contributed by atoms with Crippen molar-refractivity contribution in [2.75, 3.05) is 13.2 Å². The van der Waals surface area contributed by atoms with Crippen LogP contribution in [0.5, 0.6) is 0 Å². The van der Waals surface area contributed by atoms with Crippen LogP contribution in [0.2, 0.25) is 0 Å². The summed E-state index contributed by atoms with van der Waals surface area (Å²) in [6.45, 7) is 2.69. The topological polar surface area (TPSA) is 61.6 Å². The molecular formula is C11H13NO4. The van der Waals surface area contributed by atoms with Crippen LogP contribution in [0.15, 0.2) is 30.3 Å². The Morgan fingerprint density at radius 1 is 1.31 bits per heavy atom. The van der Waals surface area contributed by atoms with Crippen molar-refractivity contribution in [1.82, 2.24) is 0 Å². The van der Waals surface area contributed by atoms with E-state index in [4.69, 9.17) is 4.89 Å². The molecular weight excluding hydrogens is 210 g/mol. The molecule has 0 aliphatic carbocycles. The number of nitro groups is 1. The zero-order valence-electron chi connectivity index (χ0n) is 8.96. The van der Waals surface area contributed by atoms with Crippen molar-refractivity contribution in [3.8, 4) is 0 Å². The van der Waals surface area contributed by atoms with Gasteiger partial charge in [-0.15, -0.1) is 0 Å². The Morgan fingerprint density at radius 3 is 2.56 bits per heavy atom. The molecule has 0 unspecified atom stereocenters. The molecule has 0 aromatic heterocycles. The van der Waals surface area contributed by atoms with Crippen molar-refractivity contribution < 1.29 is 14.7 Å². The minimum Gasteiger partial charge on any atom is -0.258 e. The minimum atomic E-state index is -0.425. The van der Waals surface area contributed by atoms with Crippen LogP contribution < -0.4 is 0 Å². The molecule has 1 aromatic carbocycles. The van der Waals surface area contributed by atoms with Crippen LogP contribution in [0.1, 0.15) is 12.5 Å². The van der Waals surface area contributed by atoms with E-state index in [-0.39, 0.29) is 5.69 Å². The number of rotatable bonds is 6. The van der Waals surface area contributed by atoms with Gasteiger partial charge < -0.3 is 0 Å². The molecule has 16 heavy (non-hydrogen) atoms. The Balaban J connectivity index is 2.45. The van der Waals surface area contributed by atoms with Gasteiger partial charge >= 0.3 is 0 Å². The van der Waals surface area contributed by atoms with E-state index in [1.807, 2.05) is 13.0 Å². The summed E-state index contributed by atoms with van der Waals surface area (Å²) in [5.74, 6) is 0. The van der Waals surface area contributed by atoms with Crippen molar-refractivity contribution in [1.29, 1.82) is 0 Å². The van der Waals surface area contributed by atoms with E-state index >= 15 is 0 Å². The molecule has 0 amide bonds. The highest BCUT2D eigenvalue weighted by atomic mass is 17.2. The molecule has 1 aromatic rings. The molecule has 0 bridgehead atoms. The summed E-state index contributed by atoms with van der Waals surface area (Å²) in [4.78, 5) is 19.4. The van der Waals surface area contributed by atoms with Gasteiger partial charge in [-0.05, 0) is 24.6 Å². The highest BCUT2D eigenvalue weighted by Gasteiger charge is 2.01. The zero-order valence-corrected chi connectivity index (χ0v) is 8.96. The van der Waals surface area contributed by atoms with Gasteiger partial charge in [-0.25, -0.2) is 9.78 Å². The van der Waals surface area contributed by atoms with Crippen molar-refractivity contribution in [2.24, 2.45) is 0 Å². The molecule has 0 saturated heterocycles. The lowest BCUT2D eigenvalue weighted by atomic mass is 10.2. The number of nitro benzene ring substituents is 1. The molecule has 0 radical (unpaired) electrons. The van der Waals surface area contributed by atoms with Gasteiger partial charge in [0.05, 0.1) is 11.5 Å². The summed E-state index contributed by atoms with van der Waals surface area (Å²) >= 11 is 0. The second-order valence-corrected chi connectivity index (χ2v) is 2.94. The molecule has 5 heteroatoms. The standard InChI is InChI=1S/C11H13NO4/c1-2-15-16-9-3-4-10-5-7-11(8-6-10)12(13)14/h3-8H,2,9H2,1H3/b4-3-. The molecule has 1 rings (SSSR count). The molecule has 5 nitrogen and oxygen atoms in total. The Hall–Kier alpha value is -1.72. The lowest BCUT2D eigenvalue weighted by Gasteiger charge is -1.96.